The molecular formula is C25H32N2O4S. The van der Waals surface area contributed by atoms with Gasteiger partial charge < -0.3 is 14.4 Å². The summed E-state index contributed by atoms with van der Waals surface area (Å²) in [5, 5.41) is 2.08. The van der Waals surface area contributed by atoms with E-state index < -0.39 is 0 Å². The lowest BCUT2D eigenvalue weighted by Gasteiger charge is -2.30. The van der Waals surface area contributed by atoms with Crippen LogP contribution in [0.4, 0.5) is 0 Å². The number of methoxy groups -OCH3 is 1. The predicted molar refractivity (Wildman–Crippen MR) is 125 cm³/mol. The normalized spacial score (nSPS) is 17.3. The van der Waals surface area contributed by atoms with E-state index in [1.807, 2.05) is 11.0 Å². The van der Waals surface area contributed by atoms with Gasteiger partial charge in [-0.25, -0.2) is 0 Å². The molecule has 0 unspecified atom stereocenters. The zero-order valence-electron chi connectivity index (χ0n) is 18.8. The predicted octanol–water partition coefficient (Wildman–Crippen LogP) is 3.88. The molecule has 2 aliphatic heterocycles. The van der Waals surface area contributed by atoms with Gasteiger partial charge >= 0.3 is 5.97 Å². The summed E-state index contributed by atoms with van der Waals surface area (Å²) < 4.78 is 10.8. The molecule has 0 bridgehead atoms. The Kier molecular flexibility index (Phi) is 7.81. The van der Waals surface area contributed by atoms with Gasteiger partial charge in [-0.2, -0.15) is 0 Å². The molecule has 0 radical (unpaired) electrons. The van der Waals surface area contributed by atoms with Crippen LogP contribution in [-0.4, -0.2) is 55.0 Å². The SMILES string of the molecule is COC(=O)C1CCN(Cc2ccc3c(c2)CN(C(=O)CCCc2cccs2)CCO3)CC1. The summed E-state index contributed by atoms with van der Waals surface area (Å²) >= 11 is 1.75. The van der Waals surface area contributed by atoms with E-state index in [1.54, 1.807) is 11.3 Å². The molecule has 7 heteroatoms. The van der Waals surface area contributed by atoms with E-state index in [2.05, 4.69) is 34.5 Å². The number of benzene rings is 1. The van der Waals surface area contributed by atoms with E-state index in [0.717, 1.165) is 56.6 Å². The Morgan fingerprint density at radius 3 is 2.78 bits per heavy atom. The first-order valence-corrected chi connectivity index (χ1v) is 12.4. The first-order valence-electron chi connectivity index (χ1n) is 11.5. The zero-order valence-corrected chi connectivity index (χ0v) is 19.6. The number of hydrogen-bond donors (Lipinski definition) is 0. The van der Waals surface area contributed by atoms with Gasteiger partial charge in [0.25, 0.3) is 0 Å². The van der Waals surface area contributed by atoms with Crippen LogP contribution in [-0.2, 0) is 33.8 Å². The van der Waals surface area contributed by atoms with Gasteiger partial charge in [-0.3, -0.25) is 14.5 Å². The lowest BCUT2D eigenvalue weighted by Crippen LogP contribution is -2.36. The number of thiophene rings is 1. The molecule has 2 aliphatic rings. The lowest BCUT2D eigenvalue weighted by molar-refractivity contribution is -0.147. The maximum atomic E-state index is 12.8. The van der Waals surface area contributed by atoms with Gasteiger partial charge in [0.05, 0.1) is 19.6 Å². The maximum absolute atomic E-state index is 12.8. The molecule has 0 aliphatic carbocycles. The summed E-state index contributed by atoms with van der Waals surface area (Å²) in [5.41, 5.74) is 2.30. The van der Waals surface area contributed by atoms with E-state index in [4.69, 9.17) is 9.47 Å². The zero-order chi connectivity index (χ0) is 22.3. The number of rotatable bonds is 7. The first kappa shape index (κ1) is 22.8. The van der Waals surface area contributed by atoms with Gasteiger partial charge in [0, 0.05) is 30.0 Å². The van der Waals surface area contributed by atoms with Crippen LogP contribution in [0, 0.1) is 5.92 Å². The van der Waals surface area contributed by atoms with Crippen molar-refractivity contribution in [3.05, 3.63) is 51.7 Å². The molecule has 172 valence electrons. The average Bonchev–Trinajstić information content (AvgIpc) is 3.24. The van der Waals surface area contributed by atoms with Crippen LogP contribution in [0.1, 0.15) is 41.7 Å². The van der Waals surface area contributed by atoms with Crippen molar-refractivity contribution in [2.75, 3.05) is 33.4 Å². The molecule has 2 aromatic rings. The third-order valence-corrected chi connectivity index (χ3v) is 7.32. The second-order valence-corrected chi connectivity index (χ2v) is 9.64. The molecule has 0 atom stereocenters. The van der Waals surface area contributed by atoms with Crippen LogP contribution in [0.25, 0.3) is 0 Å². The van der Waals surface area contributed by atoms with E-state index >= 15 is 0 Å². The maximum Gasteiger partial charge on any atom is 0.308 e. The number of carbonyl (C=O) groups is 2. The van der Waals surface area contributed by atoms with Crippen LogP contribution < -0.4 is 4.74 Å². The molecule has 1 aromatic heterocycles. The molecule has 6 nitrogen and oxygen atoms in total. The van der Waals surface area contributed by atoms with Crippen molar-refractivity contribution in [2.45, 2.75) is 45.2 Å². The van der Waals surface area contributed by atoms with E-state index in [0.29, 0.717) is 26.1 Å². The van der Waals surface area contributed by atoms with Crippen molar-refractivity contribution in [3.8, 4) is 5.75 Å². The summed E-state index contributed by atoms with van der Waals surface area (Å²) in [5.74, 6) is 1.02. The number of amides is 1. The number of esters is 1. The fraction of sp³-hybridized carbons (Fsp3) is 0.520. The first-order chi connectivity index (χ1) is 15.6. The average molecular weight is 457 g/mol. The van der Waals surface area contributed by atoms with E-state index in [-0.39, 0.29) is 17.8 Å². The Labute approximate surface area is 194 Å². The molecule has 4 rings (SSSR count). The quantitative estimate of drug-likeness (QED) is 0.592. The summed E-state index contributed by atoms with van der Waals surface area (Å²) in [7, 11) is 1.46. The molecule has 1 amide bonds. The van der Waals surface area contributed by atoms with Crippen LogP contribution >= 0.6 is 11.3 Å². The van der Waals surface area contributed by atoms with Gasteiger partial charge in [0.1, 0.15) is 12.4 Å². The number of carbonyl (C=O) groups excluding carboxylic acids is 2. The standard InChI is InChI=1S/C25H32N2O4S/c1-30-25(29)20-9-11-26(12-10-20)17-19-7-8-23-21(16-19)18-27(13-14-31-23)24(28)6-2-4-22-5-3-15-32-22/h3,5,7-8,15-16,20H,2,4,6,9-14,17-18H2,1H3. The van der Waals surface area contributed by atoms with Crippen LogP contribution in [0.15, 0.2) is 35.7 Å². The van der Waals surface area contributed by atoms with Crippen LogP contribution in [0.2, 0.25) is 0 Å². The minimum Gasteiger partial charge on any atom is -0.491 e. The molecule has 1 fully saturated rings. The highest BCUT2D eigenvalue weighted by atomic mass is 32.1. The largest absolute Gasteiger partial charge is 0.491 e. The molecule has 3 heterocycles. The lowest BCUT2D eigenvalue weighted by atomic mass is 9.96. The molecular weight excluding hydrogens is 424 g/mol. The van der Waals surface area contributed by atoms with Crippen molar-refractivity contribution in [1.29, 1.82) is 0 Å². The Bertz CT molecular complexity index is 907. The number of ether oxygens (including phenoxy) is 2. The number of hydrogen-bond acceptors (Lipinski definition) is 6. The second kappa shape index (κ2) is 11.0. The van der Waals surface area contributed by atoms with Gasteiger partial charge in [-0.15, -0.1) is 11.3 Å². The molecule has 0 spiro atoms. The number of piperidine rings is 1. The molecule has 0 N–H and O–H groups in total. The van der Waals surface area contributed by atoms with E-state index in [1.165, 1.54) is 17.6 Å². The third kappa shape index (κ3) is 5.90. The van der Waals surface area contributed by atoms with Crippen molar-refractivity contribution in [2.24, 2.45) is 5.92 Å². The fourth-order valence-electron chi connectivity index (χ4n) is 4.54. The Balaban J connectivity index is 1.32. The van der Waals surface area contributed by atoms with Gasteiger partial charge in [-0.1, -0.05) is 12.1 Å². The molecule has 1 saturated heterocycles. The Hall–Kier alpha value is -2.38. The van der Waals surface area contributed by atoms with Crippen molar-refractivity contribution in [3.63, 3.8) is 0 Å². The molecule has 0 saturated carbocycles. The number of likely N-dealkylation sites (tertiary alicyclic amines) is 1. The highest BCUT2D eigenvalue weighted by Crippen LogP contribution is 2.27. The van der Waals surface area contributed by atoms with E-state index in [9.17, 15) is 9.59 Å². The summed E-state index contributed by atoms with van der Waals surface area (Å²) in [6.07, 6.45) is 4.09. The number of fused-ring (bicyclic) bond motifs is 1. The van der Waals surface area contributed by atoms with Crippen molar-refractivity contribution in [1.82, 2.24) is 9.80 Å². The molecule has 32 heavy (non-hydrogen) atoms. The second-order valence-electron chi connectivity index (χ2n) is 8.61. The van der Waals surface area contributed by atoms with Gasteiger partial charge in [0.2, 0.25) is 5.91 Å². The minimum atomic E-state index is -0.0908. The summed E-state index contributed by atoms with van der Waals surface area (Å²) in [6, 6.07) is 10.5. The number of aryl methyl sites for hydroxylation is 1. The molecule has 1 aromatic carbocycles. The van der Waals surface area contributed by atoms with Crippen LogP contribution in [0.3, 0.4) is 0 Å². The Morgan fingerprint density at radius 2 is 2.03 bits per heavy atom. The monoisotopic (exact) mass is 456 g/mol. The van der Waals surface area contributed by atoms with Gasteiger partial charge in [-0.05, 0) is 67.9 Å². The minimum absolute atomic E-state index is 0.0242. The smallest absolute Gasteiger partial charge is 0.308 e. The third-order valence-electron chi connectivity index (χ3n) is 6.38. The topological polar surface area (TPSA) is 59.1 Å². The van der Waals surface area contributed by atoms with Crippen molar-refractivity contribution < 1.29 is 19.1 Å². The highest BCUT2D eigenvalue weighted by Gasteiger charge is 2.26. The van der Waals surface area contributed by atoms with Crippen LogP contribution in [0.5, 0.6) is 5.75 Å². The summed E-state index contributed by atoms with van der Waals surface area (Å²) in [4.78, 5) is 30.2. The highest BCUT2D eigenvalue weighted by molar-refractivity contribution is 7.09. The Morgan fingerprint density at radius 1 is 1.19 bits per heavy atom. The number of nitrogens with zero attached hydrogens (tertiary/aromatic N) is 2. The van der Waals surface area contributed by atoms with Crippen molar-refractivity contribution >= 4 is 23.2 Å². The van der Waals surface area contributed by atoms with Gasteiger partial charge in [0.15, 0.2) is 0 Å². The fourth-order valence-corrected chi connectivity index (χ4v) is 5.29. The summed E-state index contributed by atoms with van der Waals surface area (Å²) in [6.45, 7) is 4.39.